The predicted octanol–water partition coefficient (Wildman–Crippen LogP) is 2.22. The van der Waals surface area contributed by atoms with Gasteiger partial charge in [0.15, 0.2) is 12.4 Å². The Hall–Kier alpha value is -3.45. The summed E-state index contributed by atoms with van der Waals surface area (Å²) in [5, 5.41) is 3.92. The maximum absolute atomic E-state index is 11.8. The SMILES string of the molecule is C=C(NOCC(=O)NN=Cc1nc2ccccc2n1C)c1ccccc1. The molecule has 0 fully saturated rings. The van der Waals surface area contributed by atoms with Crippen LogP contribution >= 0.6 is 0 Å². The first kappa shape index (κ1) is 17.4. The summed E-state index contributed by atoms with van der Waals surface area (Å²) in [5.74, 6) is 0.247. The number of aryl methyl sites for hydroxylation is 1. The van der Waals surface area contributed by atoms with Gasteiger partial charge in [-0.05, 0) is 17.7 Å². The number of carbonyl (C=O) groups is 1. The van der Waals surface area contributed by atoms with Crippen LogP contribution in [0.4, 0.5) is 0 Å². The molecular formula is C19H19N5O2. The minimum Gasteiger partial charge on any atom is -0.326 e. The van der Waals surface area contributed by atoms with E-state index < -0.39 is 5.91 Å². The molecule has 0 aliphatic carbocycles. The Morgan fingerprint density at radius 2 is 1.96 bits per heavy atom. The van der Waals surface area contributed by atoms with E-state index in [4.69, 9.17) is 4.84 Å². The number of carbonyl (C=O) groups excluding carboxylic acids is 1. The van der Waals surface area contributed by atoms with Crippen molar-refractivity contribution in [2.45, 2.75) is 0 Å². The number of imidazole rings is 1. The fraction of sp³-hybridized carbons (Fsp3) is 0.105. The predicted molar refractivity (Wildman–Crippen MR) is 101 cm³/mol. The lowest BCUT2D eigenvalue weighted by molar-refractivity contribution is -0.127. The van der Waals surface area contributed by atoms with Crippen molar-refractivity contribution in [1.29, 1.82) is 0 Å². The largest absolute Gasteiger partial charge is 0.326 e. The second-order valence-corrected chi connectivity index (χ2v) is 5.55. The van der Waals surface area contributed by atoms with Crippen LogP contribution in [0.25, 0.3) is 16.7 Å². The average molecular weight is 349 g/mol. The van der Waals surface area contributed by atoms with Gasteiger partial charge in [0.25, 0.3) is 5.91 Å². The molecular weight excluding hydrogens is 330 g/mol. The van der Waals surface area contributed by atoms with E-state index in [2.05, 4.69) is 27.6 Å². The molecule has 2 aromatic carbocycles. The summed E-state index contributed by atoms with van der Waals surface area (Å²) in [5.41, 5.74) is 8.36. The highest BCUT2D eigenvalue weighted by Crippen LogP contribution is 2.12. The number of hydrogen-bond acceptors (Lipinski definition) is 5. The Morgan fingerprint density at radius 3 is 2.73 bits per heavy atom. The molecule has 3 aromatic rings. The minimum atomic E-state index is -0.395. The number of fused-ring (bicyclic) bond motifs is 1. The number of nitrogens with zero attached hydrogens (tertiary/aromatic N) is 3. The number of benzene rings is 2. The van der Waals surface area contributed by atoms with Crippen LogP contribution < -0.4 is 10.9 Å². The monoisotopic (exact) mass is 349 g/mol. The van der Waals surface area contributed by atoms with E-state index in [0.29, 0.717) is 11.5 Å². The van der Waals surface area contributed by atoms with Crippen molar-refractivity contribution < 1.29 is 9.63 Å². The summed E-state index contributed by atoms with van der Waals surface area (Å²) >= 11 is 0. The molecule has 1 amide bonds. The van der Waals surface area contributed by atoms with Gasteiger partial charge >= 0.3 is 0 Å². The maximum Gasteiger partial charge on any atom is 0.268 e. The number of para-hydroxylation sites is 2. The number of hydrogen-bond donors (Lipinski definition) is 2. The summed E-state index contributed by atoms with van der Waals surface area (Å²) in [6.07, 6.45) is 1.49. The highest BCUT2D eigenvalue weighted by atomic mass is 16.6. The standard InChI is InChI=1S/C19H19N5O2/c1-14(15-8-4-3-5-9-15)23-26-13-19(25)22-20-12-18-21-16-10-6-7-11-17(16)24(18)2/h3-12,23H,1,13H2,2H3,(H,22,25). The number of hydrazone groups is 1. The van der Waals surface area contributed by atoms with Gasteiger partial charge in [0.2, 0.25) is 0 Å². The maximum atomic E-state index is 11.8. The van der Waals surface area contributed by atoms with Crippen LogP contribution in [0, 0.1) is 0 Å². The van der Waals surface area contributed by atoms with Gasteiger partial charge in [-0.3, -0.25) is 15.1 Å². The number of aromatic nitrogens is 2. The van der Waals surface area contributed by atoms with Gasteiger partial charge in [-0.2, -0.15) is 5.10 Å². The highest BCUT2D eigenvalue weighted by Gasteiger charge is 2.05. The molecule has 26 heavy (non-hydrogen) atoms. The smallest absolute Gasteiger partial charge is 0.268 e. The summed E-state index contributed by atoms with van der Waals surface area (Å²) < 4.78 is 1.90. The van der Waals surface area contributed by atoms with Crippen LogP contribution in [-0.2, 0) is 16.7 Å². The molecule has 3 rings (SSSR count). The lowest BCUT2D eigenvalue weighted by Crippen LogP contribution is -2.27. The first-order valence-corrected chi connectivity index (χ1v) is 8.00. The first-order chi connectivity index (χ1) is 12.6. The third kappa shape index (κ3) is 4.14. The van der Waals surface area contributed by atoms with Gasteiger partial charge in [-0.15, -0.1) is 0 Å². The summed E-state index contributed by atoms with van der Waals surface area (Å²) in [6, 6.07) is 17.2. The molecule has 1 heterocycles. The third-order valence-corrected chi connectivity index (χ3v) is 3.71. The first-order valence-electron chi connectivity index (χ1n) is 8.00. The van der Waals surface area contributed by atoms with E-state index in [9.17, 15) is 4.79 Å². The molecule has 2 N–H and O–H groups in total. The van der Waals surface area contributed by atoms with Crippen molar-refractivity contribution in [2.75, 3.05) is 6.61 Å². The van der Waals surface area contributed by atoms with Crippen LogP contribution in [0.5, 0.6) is 0 Å². The van der Waals surface area contributed by atoms with Crippen molar-refractivity contribution in [3.05, 3.63) is 72.6 Å². The average Bonchev–Trinajstić information content (AvgIpc) is 2.98. The number of nitrogens with one attached hydrogen (secondary N) is 2. The van der Waals surface area contributed by atoms with Crippen molar-refractivity contribution in [3.8, 4) is 0 Å². The molecule has 0 spiro atoms. The molecule has 7 nitrogen and oxygen atoms in total. The molecule has 0 aliphatic rings. The third-order valence-electron chi connectivity index (χ3n) is 3.71. The summed E-state index contributed by atoms with van der Waals surface area (Å²) in [4.78, 5) is 21.3. The normalized spacial score (nSPS) is 11.0. The topological polar surface area (TPSA) is 80.5 Å². The summed E-state index contributed by atoms with van der Waals surface area (Å²) in [6.45, 7) is 3.64. The Kier molecular flexibility index (Phi) is 5.40. The quantitative estimate of drug-likeness (QED) is 0.506. The van der Waals surface area contributed by atoms with Crippen LogP contribution in [0.2, 0.25) is 0 Å². The van der Waals surface area contributed by atoms with Crippen molar-refractivity contribution in [3.63, 3.8) is 0 Å². The van der Waals surface area contributed by atoms with Gasteiger partial charge in [0.1, 0.15) is 0 Å². The second kappa shape index (κ2) is 8.09. The van der Waals surface area contributed by atoms with Gasteiger partial charge in [0.05, 0.1) is 22.9 Å². The van der Waals surface area contributed by atoms with E-state index in [1.54, 1.807) is 0 Å². The van der Waals surface area contributed by atoms with Gasteiger partial charge in [0, 0.05) is 7.05 Å². The molecule has 0 atom stereocenters. The Balaban J connectivity index is 1.47. The zero-order valence-electron chi connectivity index (χ0n) is 14.3. The van der Waals surface area contributed by atoms with E-state index >= 15 is 0 Å². The van der Waals surface area contributed by atoms with Crippen LogP contribution in [0.1, 0.15) is 11.4 Å². The fourth-order valence-electron chi connectivity index (χ4n) is 2.36. The zero-order valence-corrected chi connectivity index (χ0v) is 14.3. The lowest BCUT2D eigenvalue weighted by Gasteiger charge is -2.08. The van der Waals surface area contributed by atoms with Crippen LogP contribution in [0.15, 0.2) is 66.3 Å². The fourth-order valence-corrected chi connectivity index (χ4v) is 2.36. The van der Waals surface area contributed by atoms with Crippen molar-refractivity contribution in [2.24, 2.45) is 12.1 Å². The molecule has 0 unspecified atom stereocenters. The minimum absolute atomic E-state index is 0.203. The highest BCUT2D eigenvalue weighted by molar-refractivity contribution is 5.86. The molecule has 0 saturated heterocycles. The zero-order chi connectivity index (χ0) is 18.4. The van der Waals surface area contributed by atoms with Gasteiger partial charge in [-0.25, -0.2) is 10.4 Å². The summed E-state index contributed by atoms with van der Waals surface area (Å²) in [7, 11) is 1.89. The van der Waals surface area contributed by atoms with E-state index in [1.807, 2.05) is 66.2 Å². The van der Waals surface area contributed by atoms with E-state index in [1.165, 1.54) is 6.21 Å². The lowest BCUT2D eigenvalue weighted by atomic mass is 10.2. The number of amides is 1. The molecule has 0 saturated carbocycles. The van der Waals surface area contributed by atoms with Crippen molar-refractivity contribution >= 4 is 28.9 Å². The second-order valence-electron chi connectivity index (χ2n) is 5.55. The van der Waals surface area contributed by atoms with Crippen LogP contribution in [0.3, 0.4) is 0 Å². The number of rotatable bonds is 7. The molecule has 132 valence electrons. The Labute approximate surface area is 151 Å². The van der Waals surface area contributed by atoms with E-state index in [-0.39, 0.29) is 6.61 Å². The van der Waals surface area contributed by atoms with Crippen LogP contribution in [-0.4, -0.2) is 28.3 Å². The molecule has 1 aromatic heterocycles. The Bertz CT molecular complexity index is 947. The Morgan fingerprint density at radius 1 is 1.23 bits per heavy atom. The molecule has 0 bridgehead atoms. The molecule has 7 heteroatoms. The van der Waals surface area contributed by atoms with Gasteiger partial charge in [-0.1, -0.05) is 49.0 Å². The number of hydroxylamine groups is 1. The molecule has 0 radical (unpaired) electrons. The molecule has 0 aliphatic heterocycles. The van der Waals surface area contributed by atoms with E-state index in [0.717, 1.165) is 16.6 Å². The van der Waals surface area contributed by atoms with Crippen molar-refractivity contribution in [1.82, 2.24) is 20.5 Å². The van der Waals surface area contributed by atoms with Gasteiger partial charge < -0.3 is 4.57 Å².